The average Bonchev–Trinajstić information content (AvgIpc) is 2.77. The van der Waals surface area contributed by atoms with Gasteiger partial charge in [-0.15, -0.1) is 0 Å². The molecular formula is C7H6N4S. The Hall–Kier alpha value is -1.49. The Morgan fingerprint density at radius 1 is 1.00 bits per heavy atom. The predicted octanol–water partition coefficient (Wildman–Crippen LogP) is 0.761. The van der Waals surface area contributed by atoms with E-state index in [1.807, 2.05) is 12.1 Å². The normalized spacial score (nSPS) is 10.0. The molecule has 2 aromatic heterocycles. The molecule has 0 spiro atoms. The lowest BCUT2D eigenvalue weighted by Gasteiger charge is -2.01. The molecule has 0 atom stereocenters. The van der Waals surface area contributed by atoms with E-state index < -0.39 is 0 Å². The summed E-state index contributed by atoms with van der Waals surface area (Å²) < 4.78 is 3.17. The second kappa shape index (κ2) is 2.86. The molecule has 2 heterocycles. The van der Waals surface area contributed by atoms with Crippen LogP contribution >= 0.6 is 12.2 Å². The van der Waals surface area contributed by atoms with E-state index in [4.69, 9.17) is 12.2 Å². The molecule has 60 valence electrons. The minimum Gasteiger partial charge on any atom is -0.213 e. The van der Waals surface area contributed by atoms with Gasteiger partial charge in [0.1, 0.15) is 0 Å². The molecule has 0 fully saturated rings. The molecule has 0 N–H and O–H groups in total. The van der Waals surface area contributed by atoms with Crippen molar-refractivity contribution < 1.29 is 0 Å². The summed E-state index contributed by atoms with van der Waals surface area (Å²) in [6, 6.07) is 3.63. The summed E-state index contributed by atoms with van der Waals surface area (Å²) in [5.41, 5.74) is 0. The molecule has 0 bridgehead atoms. The summed E-state index contributed by atoms with van der Waals surface area (Å²) in [6.45, 7) is 0. The highest BCUT2D eigenvalue weighted by Crippen LogP contribution is 1.90. The van der Waals surface area contributed by atoms with Crippen LogP contribution < -0.4 is 0 Å². The van der Waals surface area contributed by atoms with E-state index >= 15 is 0 Å². The summed E-state index contributed by atoms with van der Waals surface area (Å²) in [7, 11) is 0. The van der Waals surface area contributed by atoms with Crippen molar-refractivity contribution in [2.45, 2.75) is 0 Å². The Balaban J connectivity index is 2.34. The van der Waals surface area contributed by atoms with Crippen molar-refractivity contribution in [2.24, 2.45) is 0 Å². The lowest BCUT2D eigenvalue weighted by Crippen LogP contribution is -2.19. The third kappa shape index (κ3) is 1.14. The largest absolute Gasteiger partial charge is 0.221 e. The van der Waals surface area contributed by atoms with Gasteiger partial charge in [-0.05, 0) is 24.4 Å². The number of hydrogen-bond donors (Lipinski definition) is 0. The van der Waals surface area contributed by atoms with Gasteiger partial charge >= 0.3 is 0 Å². The highest BCUT2D eigenvalue weighted by atomic mass is 32.1. The van der Waals surface area contributed by atoms with E-state index in [0.717, 1.165) is 0 Å². The zero-order chi connectivity index (χ0) is 8.39. The van der Waals surface area contributed by atoms with Gasteiger partial charge < -0.3 is 0 Å². The van der Waals surface area contributed by atoms with Gasteiger partial charge in [0.2, 0.25) is 5.11 Å². The SMILES string of the molecule is S=C(n1cccn1)n1cccn1. The first-order valence-electron chi connectivity index (χ1n) is 3.42. The Morgan fingerprint density at radius 2 is 1.50 bits per heavy atom. The minimum absolute atomic E-state index is 0.546. The summed E-state index contributed by atoms with van der Waals surface area (Å²) in [6.07, 6.45) is 6.92. The lowest BCUT2D eigenvalue weighted by atomic mass is 10.7. The number of nitrogens with zero attached hydrogens (tertiary/aromatic N) is 4. The van der Waals surface area contributed by atoms with E-state index in [2.05, 4.69) is 10.2 Å². The van der Waals surface area contributed by atoms with Gasteiger partial charge in [0.15, 0.2) is 0 Å². The highest BCUT2D eigenvalue weighted by molar-refractivity contribution is 7.80. The highest BCUT2D eigenvalue weighted by Gasteiger charge is 2.00. The van der Waals surface area contributed by atoms with Gasteiger partial charge in [0, 0.05) is 24.8 Å². The number of rotatable bonds is 0. The average molecular weight is 178 g/mol. The monoisotopic (exact) mass is 178 g/mol. The first-order valence-corrected chi connectivity index (χ1v) is 3.83. The van der Waals surface area contributed by atoms with Gasteiger partial charge in [-0.25, -0.2) is 9.36 Å². The molecule has 0 saturated carbocycles. The number of hydrogen-bond acceptors (Lipinski definition) is 3. The molecule has 2 aromatic rings. The molecule has 2 rings (SSSR count). The van der Waals surface area contributed by atoms with Crippen molar-refractivity contribution in [3.05, 3.63) is 36.9 Å². The Bertz CT molecular complexity index is 326. The van der Waals surface area contributed by atoms with E-state index in [9.17, 15) is 0 Å². The lowest BCUT2D eigenvalue weighted by molar-refractivity contribution is 0.839. The molecule has 5 heteroatoms. The smallest absolute Gasteiger partial charge is 0.213 e. The zero-order valence-electron chi connectivity index (χ0n) is 6.16. The maximum atomic E-state index is 5.10. The van der Waals surface area contributed by atoms with E-state index in [0.29, 0.717) is 5.11 Å². The van der Waals surface area contributed by atoms with Gasteiger partial charge in [0.25, 0.3) is 0 Å². The molecule has 0 aromatic carbocycles. The van der Waals surface area contributed by atoms with Crippen molar-refractivity contribution in [3.63, 3.8) is 0 Å². The fraction of sp³-hybridized carbons (Fsp3) is 0. The van der Waals surface area contributed by atoms with Crippen molar-refractivity contribution in [1.29, 1.82) is 0 Å². The predicted molar refractivity (Wildman–Crippen MR) is 47.8 cm³/mol. The van der Waals surface area contributed by atoms with E-state index in [-0.39, 0.29) is 0 Å². The molecule has 0 aliphatic carbocycles. The van der Waals surface area contributed by atoms with Crippen LogP contribution in [-0.4, -0.2) is 24.7 Å². The van der Waals surface area contributed by atoms with Crippen LogP contribution in [0.4, 0.5) is 0 Å². The summed E-state index contributed by atoms with van der Waals surface area (Å²) in [4.78, 5) is 0. The standard InChI is InChI=1S/C7H6N4S/c12-7(10-5-1-3-8-10)11-6-2-4-9-11/h1-6H. The first kappa shape index (κ1) is 7.17. The minimum atomic E-state index is 0.546. The number of aromatic nitrogens is 4. The maximum absolute atomic E-state index is 5.10. The van der Waals surface area contributed by atoms with Gasteiger partial charge in [-0.2, -0.15) is 10.2 Å². The molecular weight excluding hydrogens is 172 g/mol. The second-order valence-corrected chi connectivity index (χ2v) is 2.55. The summed E-state index contributed by atoms with van der Waals surface area (Å²) in [5.74, 6) is 0. The number of thiocarbonyl (C=S) groups is 1. The summed E-state index contributed by atoms with van der Waals surface area (Å²) in [5, 5.41) is 8.52. The Labute approximate surface area is 74.4 Å². The fourth-order valence-electron chi connectivity index (χ4n) is 0.869. The molecule has 0 unspecified atom stereocenters. The van der Waals surface area contributed by atoms with Crippen molar-refractivity contribution >= 4 is 17.3 Å². The first-order chi connectivity index (χ1) is 5.88. The fourth-order valence-corrected chi connectivity index (χ4v) is 1.08. The molecule has 0 amide bonds. The third-order valence-corrected chi connectivity index (χ3v) is 1.77. The molecule has 0 saturated heterocycles. The Morgan fingerprint density at radius 3 is 1.83 bits per heavy atom. The Kier molecular flexibility index (Phi) is 1.71. The second-order valence-electron chi connectivity index (χ2n) is 2.18. The molecule has 0 aliphatic rings. The van der Waals surface area contributed by atoms with Crippen LogP contribution in [0.3, 0.4) is 0 Å². The van der Waals surface area contributed by atoms with Crippen molar-refractivity contribution in [1.82, 2.24) is 19.6 Å². The quantitative estimate of drug-likeness (QED) is 0.559. The van der Waals surface area contributed by atoms with Crippen LogP contribution in [0.1, 0.15) is 0 Å². The van der Waals surface area contributed by atoms with Crippen molar-refractivity contribution in [3.8, 4) is 0 Å². The summed E-state index contributed by atoms with van der Waals surface area (Å²) >= 11 is 5.10. The van der Waals surface area contributed by atoms with Crippen LogP contribution in [0.2, 0.25) is 0 Å². The van der Waals surface area contributed by atoms with Gasteiger partial charge in [0.05, 0.1) is 0 Å². The van der Waals surface area contributed by atoms with Gasteiger partial charge in [-0.3, -0.25) is 0 Å². The van der Waals surface area contributed by atoms with Crippen LogP contribution in [-0.2, 0) is 0 Å². The maximum Gasteiger partial charge on any atom is 0.221 e. The molecule has 0 aliphatic heterocycles. The topological polar surface area (TPSA) is 35.6 Å². The van der Waals surface area contributed by atoms with Crippen LogP contribution in [0.25, 0.3) is 0 Å². The van der Waals surface area contributed by atoms with E-state index in [1.54, 1.807) is 34.2 Å². The van der Waals surface area contributed by atoms with Crippen LogP contribution in [0, 0.1) is 0 Å². The zero-order valence-corrected chi connectivity index (χ0v) is 6.98. The molecule has 12 heavy (non-hydrogen) atoms. The molecule has 0 radical (unpaired) electrons. The third-order valence-electron chi connectivity index (χ3n) is 1.40. The van der Waals surface area contributed by atoms with Gasteiger partial charge in [-0.1, -0.05) is 0 Å². The van der Waals surface area contributed by atoms with Crippen molar-refractivity contribution in [2.75, 3.05) is 0 Å². The van der Waals surface area contributed by atoms with Crippen LogP contribution in [0.5, 0.6) is 0 Å². The van der Waals surface area contributed by atoms with E-state index in [1.165, 1.54) is 0 Å². The van der Waals surface area contributed by atoms with Crippen LogP contribution in [0.15, 0.2) is 36.9 Å². The molecule has 4 nitrogen and oxygen atoms in total.